The smallest absolute Gasteiger partial charge is 0.326 e. The highest BCUT2D eigenvalue weighted by Crippen LogP contribution is 2.25. The van der Waals surface area contributed by atoms with Gasteiger partial charge in [-0.1, -0.05) is 6.92 Å². The lowest BCUT2D eigenvalue weighted by molar-refractivity contribution is -0.150. The maximum atomic E-state index is 12.2. The number of aliphatic hydroxyl groups is 1. The molecule has 1 amide bonds. The van der Waals surface area contributed by atoms with Crippen LogP contribution in [0.25, 0.3) is 0 Å². The number of carboxylic acid groups (broad SMARTS) is 1. The highest BCUT2D eigenvalue weighted by molar-refractivity contribution is 5.86. The van der Waals surface area contributed by atoms with Crippen molar-refractivity contribution in [2.75, 3.05) is 19.6 Å². The Morgan fingerprint density at radius 1 is 1.35 bits per heavy atom. The topological polar surface area (TPSA) is 89.9 Å². The van der Waals surface area contributed by atoms with E-state index in [4.69, 9.17) is 5.11 Å². The van der Waals surface area contributed by atoms with Crippen molar-refractivity contribution in [3.63, 3.8) is 0 Å². The summed E-state index contributed by atoms with van der Waals surface area (Å²) in [5.74, 6) is -1.13. The summed E-state index contributed by atoms with van der Waals surface area (Å²) in [7, 11) is 0. The highest BCUT2D eigenvalue weighted by Gasteiger charge is 2.43. The van der Waals surface area contributed by atoms with Gasteiger partial charge >= 0.3 is 5.97 Å². The first-order valence-electron chi connectivity index (χ1n) is 5.92. The summed E-state index contributed by atoms with van der Waals surface area (Å²) in [5.41, 5.74) is 0. The van der Waals surface area contributed by atoms with Gasteiger partial charge in [-0.2, -0.15) is 0 Å². The average Bonchev–Trinajstić information content (AvgIpc) is 2.83. The molecule has 0 aromatic heterocycles. The third-order valence-corrected chi connectivity index (χ3v) is 3.68. The van der Waals surface area contributed by atoms with Crippen molar-refractivity contribution in [2.24, 2.45) is 11.8 Å². The number of carboxylic acids is 1. The SMILES string of the molecule is C[C@@H]1CNC[C@H]1C(=O)N1C[C@H](O)C[C@@H]1C(=O)O. The molecule has 0 aromatic carbocycles. The molecule has 2 fully saturated rings. The second kappa shape index (κ2) is 4.62. The van der Waals surface area contributed by atoms with Crippen molar-refractivity contribution in [1.29, 1.82) is 0 Å². The number of β-amino-alcohol motifs (C(OH)–C–C–N with tert-alkyl or cyclic N) is 1. The fourth-order valence-electron chi connectivity index (χ4n) is 2.65. The van der Waals surface area contributed by atoms with E-state index in [0.717, 1.165) is 6.54 Å². The molecule has 6 nitrogen and oxygen atoms in total. The molecular weight excluding hydrogens is 224 g/mol. The number of hydrogen-bond donors (Lipinski definition) is 3. The first kappa shape index (κ1) is 12.3. The Hall–Kier alpha value is -1.14. The van der Waals surface area contributed by atoms with E-state index < -0.39 is 18.1 Å². The maximum Gasteiger partial charge on any atom is 0.326 e. The second-order valence-electron chi connectivity index (χ2n) is 4.98. The molecule has 6 heteroatoms. The fourth-order valence-corrected chi connectivity index (χ4v) is 2.65. The number of carbonyl (C=O) groups is 2. The van der Waals surface area contributed by atoms with Gasteiger partial charge in [-0.05, 0) is 12.5 Å². The fraction of sp³-hybridized carbons (Fsp3) is 0.818. The molecule has 2 rings (SSSR count). The number of aliphatic carboxylic acids is 1. The quantitative estimate of drug-likeness (QED) is 0.571. The van der Waals surface area contributed by atoms with E-state index in [2.05, 4.69) is 5.32 Å². The Kier molecular flexibility index (Phi) is 3.35. The molecule has 0 spiro atoms. The van der Waals surface area contributed by atoms with Crippen LogP contribution in [0.5, 0.6) is 0 Å². The van der Waals surface area contributed by atoms with E-state index in [9.17, 15) is 14.7 Å². The zero-order valence-corrected chi connectivity index (χ0v) is 9.80. The molecule has 17 heavy (non-hydrogen) atoms. The number of nitrogens with one attached hydrogen (secondary N) is 1. The molecule has 2 heterocycles. The summed E-state index contributed by atoms with van der Waals surface area (Å²) in [6.07, 6.45) is -0.583. The lowest BCUT2D eigenvalue weighted by Crippen LogP contribution is -2.45. The second-order valence-corrected chi connectivity index (χ2v) is 4.98. The minimum atomic E-state index is -1.03. The number of carbonyl (C=O) groups excluding carboxylic acids is 1. The number of likely N-dealkylation sites (tertiary alicyclic amines) is 1. The van der Waals surface area contributed by atoms with Crippen molar-refractivity contribution in [1.82, 2.24) is 10.2 Å². The van der Waals surface area contributed by atoms with E-state index in [1.807, 2.05) is 6.92 Å². The normalized spacial score (nSPS) is 37.4. The number of amides is 1. The lowest BCUT2D eigenvalue weighted by Gasteiger charge is -2.25. The van der Waals surface area contributed by atoms with Gasteiger partial charge < -0.3 is 20.4 Å². The molecule has 0 radical (unpaired) electrons. The Labute approximate surface area is 99.6 Å². The Bertz CT molecular complexity index is 333. The van der Waals surface area contributed by atoms with Gasteiger partial charge in [-0.3, -0.25) is 4.79 Å². The third kappa shape index (κ3) is 2.28. The van der Waals surface area contributed by atoms with Crippen LogP contribution in [0.4, 0.5) is 0 Å². The van der Waals surface area contributed by atoms with Gasteiger partial charge in [0, 0.05) is 19.5 Å². The third-order valence-electron chi connectivity index (χ3n) is 3.68. The van der Waals surface area contributed by atoms with Gasteiger partial charge in [0.25, 0.3) is 0 Å². The van der Waals surface area contributed by atoms with Gasteiger partial charge in [0.05, 0.1) is 12.0 Å². The molecule has 96 valence electrons. The van der Waals surface area contributed by atoms with E-state index in [0.29, 0.717) is 6.54 Å². The molecule has 0 aliphatic carbocycles. The van der Waals surface area contributed by atoms with Crippen molar-refractivity contribution in [3.8, 4) is 0 Å². The monoisotopic (exact) mass is 242 g/mol. The van der Waals surface area contributed by atoms with Crippen molar-refractivity contribution in [3.05, 3.63) is 0 Å². The average molecular weight is 242 g/mol. The van der Waals surface area contributed by atoms with E-state index in [-0.39, 0.29) is 30.7 Å². The standard InChI is InChI=1S/C11H18N2O4/c1-6-3-12-4-8(6)10(15)13-5-7(14)2-9(13)11(16)17/h6-9,12,14H,2-5H2,1H3,(H,16,17)/t6-,7-,8-,9-/m1/s1. The van der Waals surface area contributed by atoms with Crippen LogP contribution >= 0.6 is 0 Å². The van der Waals surface area contributed by atoms with Crippen molar-refractivity contribution in [2.45, 2.75) is 25.5 Å². The van der Waals surface area contributed by atoms with Crippen molar-refractivity contribution >= 4 is 11.9 Å². The zero-order chi connectivity index (χ0) is 12.6. The first-order chi connectivity index (χ1) is 8.00. The summed E-state index contributed by atoms with van der Waals surface area (Å²) < 4.78 is 0. The van der Waals surface area contributed by atoms with Gasteiger partial charge in [-0.25, -0.2) is 4.79 Å². The van der Waals surface area contributed by atoms with Crippen LogP contribution < -0.4 is 5.32 Å². The Morgan fingerprint density at radius 3 is 2.59 bits per heavy atom. The van der Waals surface area contributed by atoms with Gasteiger partial charge in [0.1, 0.15) is 6.04 Å². The molecule has 4 atom stereocenters. The molecule has 3 N–H and O–H groups in total. The first-order valence-corrected chi connectivity index (χ1v) is 5.92. The number of hydrogen-bond acceptors (Lipinski definition) is 4. The largest absolute Gasteiger partial charge is 0.480 e. The van der Waals surface area contributed by atoms with Gasteiger partial charge in [0.2, 0.25) is 5.91 Å². The van der Waals surface area contributed by atoms with E-state index in [1.165, 1.54) is 4.90 Å². The minimum absolute atomic E-state index is 0.135. The number of nitrogens with zero attached hydrogens (tertiary/aromatic N) is 1. The zero-order valence-electron chi connectivity index (χ0n) is 9.80. The number of rotatable bonds is 2. The van der Waals surface area contributed by atoms with Crippen LogP contribution in [0.3, 0.4) is 0 Å². The molecule has 2 aliphatic rings. The van der Waals surface area contributed by atoms with Crippen LogP contribution in [0.15, 0.2) is 0 Å². The predicted molar refractivity (Wildman–Crippen MR) is 59.3 cm³/mol. The molecule has 0 saturated carbocycles. The minimum Gasteiger partial charge on any atom is -0.480 e. The van der Waals surface area contributed by atoms with Crippen LogP contribution in [0.1, 0.15) is 13.3 Å². The van der Waals surface area contributed by atoms with Crippen molar-refractivity contribution < 1.29 is 19.8 Å². The van der Waals surface area contributed by atoms with E-state index in [1.54, 1.807) is 0 Å². The molecule has 0 aromatic rings. The summed E-state index contributed by atoms with van der Waals surface area (Å²) in [6.45, 7) is 3.49. The molecular formula is C11H18N2O4. The van der Waals surface area contributed by atoms with Crippen LogP contribution in [0, 0.1) is 11.8 Å². The van der Waals surface area contributed by atoms with Crippen LogP contribution in [0.2, 0.25) is 0 Å². The van der Waals surface area contributed by atoms with Crippen LogP contribution in [-0.4, -0.2) is 58.8 Å². The Morgan fingerprint density at radius 2 is 2.06 bits per heavy atom. The van der Waals surface area contributed by atoms with Gasteiger partial charge in [-0.15, -0.1) is 0 Å². The highest BCUT2D eigenvalue weighted by atomic mass is 16.4. The lowest BCUT2D eigenvalue weighted by atomic mass is 9.96. The van der Waals surface area contributed by atoms with E-state index >= 15 is 0 Å². The molecule has 0 bridgehead atoms. The predicted octanol–water partition coefficient (Wildman–Crippen LogP) is -1.11. The summed E-state index contributed by atoms with van der Waals surface area (Å²) in [4.78, 5) is 24.6. The molecule has 2 aliphatic heterocycles. The molecule has 2 saturated heterocycles. The van der Waals surface area contributed by atoms with Crippen LogP contribution in [-0.2, 0) is 9.59 Å². The maximum absolute atomic E-state index is 12.2. The Balaban J connectivity index is 2.10. The summed E-state index contributed by atoms with van der Waals surface area (Å²) in [6, 6.07) is -0.870. The summed E-state index contributed by atoms with van der Waals surface area (Å²) >= 11 is 0. The van der Waals surface area contributed by atoms with Gasteiger partial charge in [0.15, 0.2) is 0 Å². The number of aliphatic hydroxyl groups excluding tert-OH is 1. The molecule has 0 unspecified atom stereocenters. The summed E-state index contributed by atoms with van der Waals surface area (Å²) in [5, 5.41) is 21.7.